The molecule has 0 radical (unpaired) electrons. The van der Waals surface area contributed by atoms with Gasteiger partial charge in [0.15, 0.2) is 0 Å². The first-order valence-electron chi connectivity index (χ1n) is 6.55. The summed E-state index contributed by atoms with van der Waals surface area (Å²) < 4.78 is 38.1. The van der Waals surface area contributed by atoms with Gasteiger partial charge in [-0.15, -0.1) is 0 Å². The maximum Gasteiger partial charge on any atom is 0.300 e. The lowest BCUT2D eigenvalue weighted by Gasteiger charge is -2.11. The fourth-order valence-corrected chi connectivity index (χ4v) is 3.30. The van der Waals surface area contributed by atoms with E-state index in [1.165, 1.54) is 48.5 Å². The Kier molecular flexibility index (Phi) is 4.95. The summed E-state index contributed by atoms with van der Waals surface area (Å²) in [6.45, 7) is 0. The highest BCUT2D eigenvalue weighted by molar-refractivity contribution is 7.92. The normalized spacial score (nSPS) is 11.8. The van der Waals surface area contributed by atoms with Crippen molar-refractivity contribution in [2.24, 2.45) is 11.0 Å². The summed E-state index contributed by atoms with van der Waals surface area (Å²) in [5.74, 6) is -0.781. The fourth-order valence-electron chi connectivity index (χ4n) is 1.81. The van der Waals surface area contributed by atoms with Crippen LogP contribution in [0.5, 0.6) is 0 Å². The number of amides is 1. The number of carbonyl (C=O) groups is 1. The molecule has 0 saturated carbocycles. The first-order valence-corrected chi connectivity index (χ1v) is 9.88. The third-order valence-electron chi connectivity index (χ3n) is 2.84. The molecule has 2 aromatic rings. The van der Waals surface area contributed by atoms with E-state index in [-0.39, 0.29) is 16.1 Å². The van der Waals surface area contributed by atoms with Gasteiger partial charge in [-0.1, -0.05) is 6.07 Å². The molecule has 0 aliphatic rings. The van der Waals surface area contributed by atoms with Crippen molar-refractivity contribution in [2.45, 2.75) is 4.90 Å². The SMILES string of the molecule is Nc1ccc(S(=O)(=O)Nc2cccc(C(=O)NP(N)(N)=O)c2)cc1. The van der Waals surface area contributed by atoms with E-state index in [0.29, 0.717) is 5.69 Å². The molecule has 9 nitrogen and oxygen atoms in total. The van der Waals surface area contributed by atoms with Crippen molar-refractivity contribution in [1.82, 2.24) is 5.09 Å². The molecule has 0 saturated heterocycles. The van der Waals surface area contributed by atoms with Crippen molar-refractivity contribution in [1.29, 1.82) is 0 Å². The highest BCUT2D eigenvalue weighted by Gasteiger charge is 2.17. The molecule has 0 fully saturated rings. The maximum absolute atomic E-state index is 12.3. The number of nitrogens with two attached hydrogens (primary N) is 3. The van der Waals surface area contributed by atoms with Gasteiger partial charge in [-0.05, 0) is 42.5 Å². The minimum Gasteiger partial charge on any atom is -0.399 e. The van der Waals surface area contributed by atoms with E-state index in [9.17, 15) is 17.8 Å². The standard InChI is InChI=1S/C13H16N5O4PS/c14-10-4-6-12(7-5-10)24(21,22)18-11-3-1-2-9(8-11)13(19)17-23(15,16)20/h1-8,18H,14H2,(H5,15,16,17,19,20). The summed E-state index contributed by atoms with van der Waals surface area (Å²) in [5, 5.41) is 1.94. The van der Waals surface area contributed by atoms with Crippen molar-refractivity contribution in [3.8, 4) is 0 Å². The van der Waals surface area contributed by atoms with Crippen molar-refractivity contribution in [2.75, 3.05) is 10.5 Å². The molecule has 0 spiro atoms. The lowest BCUT2D eigenvalue weighted by Crippen LogP contribution is -2.28. The van der Waals surface area contributed by atoms with Crippen molar-refractivity contribution in [3.05, 3.63) is 54.1 Å². The van der Waals surface area contributed by atoms with Gasteiger partial charge in [0.1, 0.15) is 0 Å². The van der Waals surface area contributed by atoms with Crippen LogP contribution in [-0.4, -0.2) is 14.3 Å². The second kappa shape index (κ2) is 6.62. The smallest absolute Gasteiger partial charge is 0.300 e. The van der Waals surface area contributed by atoms with Crippen LogP contribution >= 0.6 is 7.59 Å². The summed E-state index contributed by atoms with van der Waals surface area (Å²) in [6, 6.07) is 11.2. The fraction of sp³-hybridized carbons (Fsp3) is 0. The van der Waals surface area contributed by atoms with Crippen LogP contribution in [0, 0.1) is 0 Å². The molecule has 2 aromatic carbocycles. The van der Waals surface area contributed by atoms with Crippen molar-refractivity contribution in [3.63, 3.8) is 0 Å². The topological polar surface area (TPSA) is 170 Å². The second-order valence-electron chi connectivity index (χ2n) is 4.91. The number of carbonyl (C=O) groups excluding carboxylic acids is 1. The Morgan fingerprint density at radius 3 is 2.25 bits per heavy atom. The average Bonchev–Trinajstić information content (AvgIpc) is 2.45. The van der Waals surface area contributed by atoms with Gasteiger partial charge in [-0.25, -0.2) is 8.42 Å². The molecule has 8 N–H and O–H groups in total. The van der Waals surface area contributed by atoms with E-state index in [2.05, 4.69) is 4.72 Å². The van der Waals surface area contributed by atoms with E-state index >= 15 is 0 Å². The Hall–Kier alpha value is -2.39. The van der Waals surface area contributed by atoms with E-state index in [4.69, 9.17) is 16.7 Å². The Balaban J connectivity index is 2.24. The molecule has 0 aliphatic carbocycles. The first kappa shape index (κ1) is 18.0. The third-order valence-corrected chi connectivity index (χ3v) is 4.79. The molecule has 0 heterocycles. The number of hydrogen-bond donors (Lipinski definition) is 5. The number of rotatable bonds is 5. The van der Waals surface area contributed by atoms with Crippen LogP contribution in [0.25, 0.3) is 0 Å². The van der Waals surface area contributed by atoms with Gasteiger partial charge in [-0.2, -0.15) is 0 Å². The molecule has 0 aromatic heterocycles. The minimum absolute atomic E-state index is 0.0139. The van der Waals surface area contributed by atoms with Gasteiger partial charge < -0.3 is 5.73 Å². The minimum atomic E-state index is -3.85. The van der Waals surface area contributed by atoms with E-state index < -0.39 is 23.5 Å². The van der Waals surface area contributed by atoms with E-state index in [0.717, 1.165) is 0 Å². The largest absolute Gasteiger partial charge is 0.399 e. The molecule has 0 unspecified atom stereocenters. The highest BCUT2D eigenvalue weighted by Crippen LogP contribution is 2.21. The summed E-state index contributed by atoms with van der Waals surface area (Å²) in [6.07, 6.45) is 0. The molecular formula is C13H16N5O4PS. The summed E-state index contributed by atoms with van der Waals surface area (Å²) >= 11 is 0. The summed E-state index contributed by atoms with van der Waals surface area (Å²) in [5.41, 5.74) is 16.3. The Bertz CT molecular complexity index is 908. The monoisotopic (exact) mass is 369 g/mol. The van der Waals surface area contributed by atoms with Gasteiger partial charge >= 0.3 is 7.59 Å². The van der Waals surface area contributed by atoms with Crippen LogP contribution in [0.2, 0.25) is 0 Å². The molecule has 1 amide bonds. The van der Waals surface area contributed by atoms with E-state index in [1.807, 2.05) is 5.09 Å². The van der Waals surface area contributed by atoms with Crippen LogP contribution in [0.15, 0.2) is 53.4 Å². The molecule has 128 valence electrons. The lowest BCUT2D eigenvalue weighted by atomic mass is 10.2. The summed E-state index contributed by atoms with van der Waals surface area (Å²) in [4.78, 5) is 11.9. The van der Waals surface area contributed by atoms with E-state index in [1.54, 1.807) is 0 Å². The average molecular weight is 369 g/mol. The lowest BCUT2D eigenvalue weighted by molar-refractivity contribution is 0.0980. The number of anilines is 2. The second-order valence-corrected chi connectivity index (χ2v) is 8.23. The molecule has 2 rings (SSSR count). The molecule has 24 heavy (non-hydrogen) atoms. The first-order chi connectivity index (χ1) is 11.1. The number of benzene rings is 2. The maximum atomic E-state index is 12.3. The van der Waals surface area contributed by atoms with Crippen molar-refractivity contribution < 1.29 is 17.8 Å². The van der Waals surface area contributed by atoms with Gasteiger partial charge in [0.2, 0.25) is 0 Å². The van der Waals surface area contributed by atoms with Gasteiger partial charge in [-0.3, -0.25) is 30.2 Å². The molecule has 0 aliphatic heterocycles. The number of hydrogen-bond acceptors (Lipinski definition) is 5. The zero-order chi connectivity index (χ0) is 18.0. The zero-order valence-corrected chi connectivity index (χ0v) is 14.1. The van der Waals surface area contributed by atoms with Gasteiger partial charge in [0.25, 0.3) is 15.9 Å². The summed E-state index contributed by atoms with van der Waals surface area (Å²) in [7, 11) is -7.60. The Labute approximate surface area is 138 Å². The number of nitrogen functional groups attached to an aromatic ring is 1. The van der Waals surface area contributed by atoms with Gasteiger partial charge in [0.05, 0.1) is 4.90 Å². The molecular weight excluding hydrogens is 353 g/mol. The predicted octanol–water partition coefficient (Wildman–Crippen LogP) is 0.825. The van der Waals surface area contributed by atoms with Crippen LogP contribution in [0.3, 0.4) is 0 Å². The predicted molar refractivity (Wildman–Crippen MR) is 91.6 cm³/mol. The molecule has 0 atom stereocenters. The van der Waals surface area contributed by atoms with Crippen LogP contribution in [0.4, 0.5) is 11.4 Å². The van der Waals surface area contributed by atoms with Crippen LogP contribution in [-0.2, 0) is 14.6 Å². The van der Waals surface area contributed by atoms with Gasteiger partial charge in [0, 0.05) is 16.9 Å². The van der Waals surface area contributed by atoms with Crippen LogP contribution in [0.1, 0.15) is 10.4 Å². The Morgan fingerprint density at radius 1 is 1.04 bits per heavy atom. The Morgan fingerprint density at radius 2 is 1.67 bits per heavy atom. The quantitative estimate of drug-likeness (QED) is 0.383. The number of nitrogens with one attached hydrogen (secondary N) is 2. The van der Waals surface area contributed by atoms with Crippen molar-refractivity contribution >= 4 is 34.9 Å². The highest BCUT2D eigenvalue weighted by atomic mass is 32.2. The number of sulfonamides is 1. The van der Waals surface area contributed by atoms with Crippen LogP contribution < -0.4 is 26.6 Å². The zero-order valence-electron chi connectivity index (χ0n) is 12.3. The third kappa shape index (κ3) is 4.80. The molecule has 0 bridgehead atoms. The molecule has 11 heteroatoms.